The van der Waals surface area contributed by atoms with Gasteiger partial charge in [0.05, 0.1) is 0 Å². The van der Waals surface area contributed by atoms with Crippen LogP contribution < -0.4 is 0 Å². The van der Waals surface area contributed by atoms with Crippen LogP contribution in [0.5, 0.6) is 5.75 Å². The first kappa shape index (κ1) is 12.4. The predicted molar refractivity (Wildman–Crippen MR) is 72.1 cm³/mol. The van der Waals surface area contributed by atoms with Crippen molar-refractivity contribution in [1.29, 1.82) is 0 Å². The van der Waals surface area contributed by atoms with Crippen LogP contribution in [0.15, 0.2) is 42.5 Å². The molecule has 0 atom stereocenters. The molecule has 18 heavy (non-hydrogen) atoms. The number of carbonyl (C=O) groups is 1. The molecule has 2 heteroatoms. The Morgan fingerprint density at radius 1 is 1.06 bits per heavy atom. The van der Waals surface area contributed by atoms with E-state index < -0.39 is 0 Å². The summed E-state index contributed by atoms with van der Waals surface area (Å²) in [4.78, 5) is 12.2. The van der Waals surface area contributed by atoms with Gasteiger partial charge in [-0.3, -0.25) is 4.79 Å². The summed E-state index contributed by atoms with van der Waals surface area (Å²) in [7, 11) is 0. The molecule has 0 bridgehead atoms. The van der Waals surface area contributed by atoms with Crippen molar-refractivity contribution in [2.75, 3.05) is 0 Å². The van der Waals surface area contributed by atoms with E-state index >= 15 is 0 Å². The Morgan fingerprint density at radius 2 is 1.72 bits per heavy atom. The van der Waals surface area contributed by atoms with Gasteiger partial charge >= 0.3 is 0 Å². The SMILES string of the molecule is Cc1cc(C(=O)Cc2ccccc2)c(C)cc1O. The molecule has 0 radical (unpaired) electrons. The van der Waals surface area contributed by atoms with Crippen LogP contribution in [0, 0.1) is 13.8 Å². The van der Waals surface area contributed by atoms with E-state index in [1.807, 2.05) is 37.3 Å². The van der Waals surface area contributed by atoms with Gasteiger partial charge in [0.2, 0.25) is 0 Å². The lowest BCUT2D eigenvalue weighted by Gasteiger charge is -2.08. The molecular weight excluding hydrogens is 224 g/mol. The van der Waals surface area contributed by atoms with Gasteiger partial charge in [-0.1, -0.05) is 30.3 Å². The number of aromatic hydroxyl groups is 1. The lowest BCUT2D eigenvalue weighted by Crippen LogP contribution is -2.06. The highest BCUT2D eigenvalue weighted by atomic mass is 16.3. The Hall–Kier alpha value is -2.09. The molecule has 0 saturated carbocycles. The van der Waals surface area contributed by atoms with Crippen molar-refractivity contribution >= 4 is 5.78 Å². The van der Waals surface area contributed by atoms with Crippen LogP contribution in [0.2, 0.25) is 0 Å². The molecule has 0 amide bonds. The Balaban J connectivity index is 2.27. The third-order valence-electron chi connectivity index (χ3n) is 3.05. The highest BCUT2D eigenvalue weighted by Crippen LogP contribution is 2.22. The van der Waals surface area contributed by atoms with E-state index in [0.717, 1.165) is 16.7 Å². The summed E-state index contributed by atoms with van der Waals surface area (Å²) in [6, 6.07) is 13.1. The minimum atomic E-state index is 0.0850. The summed E-state index contributed by atoms with van der Waals surface area (Å²) in [5.41, 5.74) is 3.25. The number of Topliss-reactive ketones (excluding diaryl/α,β-unsaturated/α-hetero) is 1. The van der Waals surface area contributed by atoms with E-state index in [1.54, 1.807) is 19.1 Å². The van der Waals surface area contributed by atoms with Crippen LogP contribution in [0.3, 0.4) is 0 Å². The van der Waals surface area contributed by atoms with Gasteiger partial charge in [-0.25, -0.2) is 0 Å². The zero-order chi connectivity index (χ0) is 13.1. The number of aryl methyl sites for hydroxylation is 2. The number of phenolic OH excluding ortho intramolecular Hbond substituents is 1. The quantitative estimate of drug-likeness (QED) is 0.834. The first-order valence-electron chi connectivity index (χ1n) is 5.95. The van der Waals surface area contributed by atoms with Crippen molar-refractivity contribution in [2.24, 2.45) is 0 Å². The molecular formula is C16H16O2. The van der Waals surface area contributed by atoms with Gasteiger partial charge < -0.3 is 5.11 Å². The smallest absolute Gasteiger partial charge is 0.167 e. The third kappa shape index (κ3) is 2.59. The standard InChI is InChI=1S/C16H16O2/c1-11-9-15(17)12(2)8-14(11)16(18)10-13-6-4-3-5-7-13/h3-9,17H,10H2,1-2H3. The lowest BCUT2D eigenvalue weighted by molar-refractivity contribution is 0.0992. The van der Waals surface area contributed by atoms with Gasteiger partial charge in [-0.2, -0.15) is 0 Å². The van der Waals surface area contributed by atoms with E-state index in [0.29, 0.717) is 12.0 Å². The molecule has 0 unspecified atom stereocenters. The summed E-state index contributed by atoms with van der Waals surface area (Å²) < 4.78 is 0. The summed E-state index contributed by atoms with van der Waals surface area (Å²) >= 11 is 0. The average Bonchev–Trinajstić information content (AvgIpc) is 2.35. The third-order valence-corrected chi connectivity index (χ3v) is 3.05. The lowest BCUT2D eigenvalue weighted by atomic mass is 9.97. The second-order valence-corrected chi connectivity index (χ2v) is 4.54. The van der Waals surface area contributed by atoms with Crippen molar-refractivity contribution < 1.29 is 9.90 Å². The molecule has 0 heterocycles. The van der Waals surface area contributed by atoms with Gasteiger partial charge in [-0.05, 0) is 42.7 Å². The van der Waals surface area contributed by atoms with E-state index in [-0.39, 0.29) is 11.5 Å². The van der Waals surface area contributed by atoms with Crippen LogP contribution in [-0.4, -0.2) is 10.9 Å². The topological polar surface area (TPSA) is 37.3 Å². The van der Waals surface area contributed by atoms with E-state index in [2.05, 4.69) is 0 Å². The Bertz CT molecular complexity index is 571. The number of hydrogen-bond acceptors (Lipinski definition) is 2. The molecule has 0 aliphatic heterocycles. The van der Waals surface area contributed by atoms with Crippen LogP contribution >= 0.6 is 0 Å². The molecule has 2 aromatic carbocycles. The van der Waals surface area contributed by atoms with Crippen molar-refractivity contribution in [3.8, 4) is 5.75 Å². The molecule has 2 rings (SSSR count). The molecule has 2 nitrogen and oxygen atoms in total. The van der Waals surface area contributed by atoms with Gasteiger partial charge in [0.25, 0.3) is 0 Å². The van der Waals surface area contributed by atoms with Crippen molar-refractivity contribution in [3.05, 3.63) is 64.7 Å². The minimum Gasteiger partial charge on any atom is -0.508 e. The second kappa shape index (κ2) is 5.05. The number of benzene rings is 2. The maximum Gasteiger partial charge on any atom is 0.167 e. The summed E-state index contributed by atoms with van der Waals surface area (Å²) in [5.74, 6) is 0.325. The Labute approximate surface area is 107 Å². The maximum absolute atomic E-state index is 12.2. The molecule has 0 fully saturated rings. The van der Waals surface area contributed by atoms with E-state index in [1.165, 1.54) is 0 Å². The number of rotatable bonds is 3. The van der Waals surface area contributed by atoms with Gasteiger partial charge in [0.1, 0.15) is 5.75 Å². The molecule has 0 saturated heterocycles. The molecule has 0 spiro atoms. The molecule has 2 aromatic rings. The summed E-state index contributed by atoms with van der Waals surface area (Å²) in [6.07, 6.45) is 0.395. The number of hydrogen-bond donors (Lipinski definition) is 1. The molecule has 0 aromatic heterocycles. The first-order valence-corrected chi connectivity index (χ1v) is 5.95. The summed E-state index contributed by atoms with van der Waals surface area (Å²) in [5, 5.41) is 9.58. The van der Waals surface area contributed by atoms with E-state index in [4.69, 9.17) is 0 Å². The normalized spacial score (nSPS) is 10.3. The van der Waals surface area contributed by atoms with Crippen LogP contribution in [0.1, 0.15) is 27.0 Å². The first-order chi connectivity index (χ1) is 8.58. The van der Waals surface area contributed by atoms with Crippen molar-refractivity contribution in [3.63, 3.8) is 0 Å². The highest BCUT2D eigenvalue weighted by molar-refractivity contribution is 5.99. The minimum absolute atomic E-state index is 0.0850. The molecule has 1 N–H and O–H groups in total. The molecule has 0 aliphatic rings. The molecule has 0 aliphatic carbocycles. The maximum atomic E-state index is 12.2. The van der Waals surface area contributed by atoms with Gasteiger partial charge in [0, 0.05) is 12.0 Å². The number of phenols is 1. The fraction of sp³-hybridized carbons (Fsp3) is 0.188. The molecule has 92 valence electrons. The van der Waals surface area contributed by atoms with Crippen LogP contribution in [-0.2, 0) is 6.42 Å². The predicted octanol–water partition coefficient (Wildman–Crippen LogP) is 3.43. The Morgan fingerprint density at radius 3 is 2.39 bits per heavy atom. The zero-order valence-corrected chi connectivity index (χ0v) is 10.6. The largest absolute Gasteiger partial charge is 0.508 e. The van der Waals surface area contributed by atoms with E-state index in [9.17, 15) is 9.90 Å². The second-order valence-electron chi connectivity index (χ2n) is 4.54. The monoisotopic (exact) mass is 240 g/mol. The fourth-order valence-corrected chi connectivity index (χ4v) is 1.98. The van der Waals surface area contributed by atoms with Crippen molar-refractivity contribution in [1.82, 2.24) is 0 Å². The van der Waals surface area contributed by atoms with Crippen LogP contribution in [0.4, 0.5) is 0 Å². The van der Waals surface area contributed by atoms with Crippen LogP contribution in [0.25, 0.3) is 0 Å². The van der Waals surface area contributed by atoms with Crippen molar-refractivity contribution in [2.45, 2.75) is 20.3 Å². The highest BCUT2D eigenvalue weighted by Gasteiger charge is 2.12. The average molecular weight is 240 g/mol. The van der Waals surface area contributed by atoms with Gasteiger partial charge in [-0.15, -0.1) is 0 Å². The number of ketones is 1. The fourth-order valence-electron chi connectivity index (χ4n) is 1.98. The Kier molecular flexibility index (Phi) is 3.47. The summed E-state index contributed by atoms with van der Waals surface area (Å²) in [6.45, 7) is 3.64. The number of carbonyl (C=O) groups excluding carboxylic acids is 1. The van der Waals surface area contributed by atoms with Gasteiger partial charge in [0.15, 0.2) is 5.78 Å². The zero-order valence-electron chi connectivity index (χ0n) is 10.6.